The van der Waals surface area contributed by atoms with E-state index in [-0.39, 0.29) is 18.3 Å². The van der Waals surface area contributed by atoms with Crippen molar-refractivity contribution in [1.29, 1.82) is 0 Å². The molecule has 2 N–H and O–H groups in total. The van der Waals surface area contributed by atoms with E-state index in [2.05, 4.69) is 29.4 Å². The molecule has 2 atom stereocenters. The van der Waals surface area contributed by atoms with Gasteiger partial charge in [-0.3, -0.25) is 9.69 Å². The zero-order valence-corrected chi connectivity index (χ0v) is 12.7. The van der Waals surface area contributed by atoms with Crippen molar-refractivity contribution in [3.63, 3.8) is 0 Å². The highest BCUT2D eigenvalue weighted by Crippen LogP contribution is 2.15. The van der Waals surface area contributed by atoms with Crippen molar-refractivity contribution >= 4 is 18.3 Å². The fraction of sp³-hybridized carbons (Fsp3) is 0.923. The standard InChI is InChI=1S/C13H27N3O.ClH/c1-4-11(2)15-13(17)10-16-7-5-6-12(9-16)8-14-3;/h11-12,14H,4-10H2,1-3H3,(H,15,17);1H. The van der Waals surface area contributed by atoms with Gasteiger partial charge in [0.25, 0.3) is 0 Å². The van der Waals surface area contributed by atoms with Crippen molar-refractivity contribution in [3.8, 4) is 0 Å². The Bertz CT molecular complexity index is 236. The molecule has 0 aromatic rings. The van der Waals surface area contributed by atoms with Crippen LogP contribution in [0, 0.1) is 5.92 Å². The van der Waals surface area contributed by atoms with Gasteiger partial charge in [0.2, 0.25) is 5.91 Å². The molecule has 0 saturated carbocycles. The number of likely N-dealkylation sites (tertiary alicyclic amines) is 1. The Kier molecular flexibility index (Phi) is 9.42. The Hall–Kier alpha value is -0.320. The average molecular weight is 278 g/mol. The van der Waals surface area contributed by atoms with Gasteiger partial charge in [-0.1, -0.05) is 6.92 Å². The molecular formula is C13H28ClN3O. The molecule has 1 fully saturated rings. The third kappa shape index (κ3) is 6.57. The second-order valence-electron chi connectivity index (χ2n) is 5.18. The molecule has 1 amide bonds. The van der Waals surface area contributed by atoms with E-state index in [0.717, 1.165) is 26.1 Å². The van der Waals surface area contributed by atoms with E-state index in [1.807, 2.05) is 7.05 Å². The van der Waals surface area contributed by atoms with Gasteiger partial charge in [0.15, 0.2) is 0 Å². The minimum absolute atomic E-state index is 0. The van der Waals surface area contributed by atoms with Gasteiger partial charge in [-0.25, -0.2) is 0 Å². The fourth-order valence-corrected chi connectivity index (χ4v) is 2.38. The van der Waals surface area contributed by atoms with Crippen LogP contribution < -0.4 is 10.6 Å². The van der Waals surface area contributed by atoms with E-state index < -0.39 is 0 Å². The van der Waals surface area contributed by atoms with Gasteiger partial charge in [-0.15, -0.1) is 12.4 Å². The minimum Gasteiger partial charge on any atom is -0.353 e. The Morgan fingerprint density at radius 3 is 2.83 bits per heavy atom. The largest absolute Gasteiger partial charge is 0.353 e. The van der Waals surface area contributed by atoms with Crippen LogP contribution in [0.1, 0.15) is 33.1 Å². The molecule has 1 heterocycles. The number of halogens is 1. The molecule has 0 spiro atoms. The molecule has 0 aromatic carbocycles. The van der Waals surface area contributed by atoms with E-state index in [1.165, 1.54) is 12.8 Å². The van der Waals surface area contributed by atoms with Crippen molar-refractivity contribution in [2.75, 3.05) is 33.2 Å². The van der Waals surface area contributed by atoms with Crippen molar-refractivity contribution in [3.05, 3.63) is 0 Å². The van der Waals surface area contributed by atoms with Crippen LogP contribution in [0.25, 0.3) is 0 Å². The van der Waals surface area contributed by atoms with Gasteiger partial charge in [0.05, 0.1) is 6.54 Å². The molecule has 1 saturated heterocycles. The summed E-state index contributed by atoms with van der Waals surface area (Å²) in [6, 6.07) is 0.292. The summed E-state index contributed by atoms with van der Waals surface area (Å²) < 4.78 is 0. The molecule has 5 heteroatoms. The van der Waals surface area contributed by atoms with Crippen molar-refractivity contribution in [1.82, 2.24) is 15.5 Å². The summed E-state index contributed by atoms with van der Waals surface area (Å²) in [5.74, 6) is 0.870. The van der Waals surface area contributed by atoms with Crippen LogP contribution in [0.15, 0.2) is 0 Å². The molecule has 1 aliphatic rings. The van der Waals surface area contributed by atoms with Crippen molar-refractivity contribution in [2.45, 2.75) is 39.2 Å². The first-order chi connectivity index (χ1) is 8.15. The summed E-state index contributed by atoms with van der Waals surface area (Å²) in [5, 5.41) is 6.25. The highest BCUT2D eigenvalue weighted by Gasteiger charge is 2.21. The summed E-state index contributed by atoms with van der Waals surface area (Å²) in [5.41, 5.74) is 0. The Morgan fingerprint density at radius 2 is 2.22 bits per heavy atom. The third-order valence-corrected chi connectivity index (χ3v) is 3.48. The van der Waals surface area contributed by atoms with Crippen LogP contribution in [0.4, 0.5) is 0 Å². The predicted molar refractivity (Wildman–Crippen MR) is 78.2 cm³/mol. The number of hydrogen-bond acceptors (Lipinski definition) is 3. The lowest BCUT2D eigenvalue weighted by molar-refractivity contribution is -0.123. The second kappa shape index (κ2) is 9.59. The second-order valence-corrected chi connectivity index (χ2v) is 5.18. The summed E-state index contributed by atoms with van der Waals surface area (Å²) in [6.45, 7) is 7.88. The number of piperidine rings is 1. The lowest BCUT2D eigenvalue weighted by Crippen LogP contribution is -2.45. The number of nitrogens with one attached hydrogen (secondary N) is 2. The van der Waals surface area contributed by atoms with Crippen LogP contribution in [0.2, 0.25) is 0 Å². The normalized spacial score (nSPS) is 22.1. The number of rotatable bonds is 6. The van der Waals surface area contributed by atoms with E-state index in [9.17, 15) is 4.79 Å². The molecule has 18 heavy (non-hydrogen) atoms. The topological polar surface area (TPSA) is 44.4 Å². The average Bonchev–Trinajstić information content (AvgIpc) is 2.29. The van der Waals surface area contributed by atoms with E-state index in [0.29, 0.717) is 18.5 Å². The van der Waals surface area contributed by atoms with E-state index in [4.69, 9.17) is 0 Å². The summed E-state index contributed by atoms with van der Waals surface area (Å²) in [4.78, 5) is 14.1. The van der Waals surface area contributed by atoms with Crippen LogP contribution in [0.3, 0.4) is 0 Å². The lowest BCUT2D eigenvalue weighted by Gasteiger charge is -2.32. The summed E-state index contributed by atoms with van der Waals surface area (Å²) in [6.07, 6.45) is 3.49. The molecule has 1 aliphatic heterocycles. The zero-order valence-electron chi connectivity index (χ0n) is 11.9. The van der Waals surface area contributed by atoms with E-state index in [1.54, 1.807) is 0 Å². The molecular weight excluding hydrogens is 250 g/mol. The van der Waals surface area contributed by atoms with Gasteiger partial charge in [-0.05, 0) is 52.2 Å². The first-order valence-corrected chi connectivity index (χ1v) is 6.82. The number of carbonyl (C=O) groups is 1. The molecule has 0 aromatic heterocycles. The number of nitrogens with zero attached hydrogens (tertiary/aromatic N) is 1. The Labute approximate surface area is 117 Å². The van der Waals surface area contributed by atoms with Crippen LogP contribution in [0.5, 0.6) is 0 Å². The Balaban J connectivity index is 0.00000289. The first kappa shape index (κ1) is 17.7. The maximum atomic E-state index is 11.8. The number of carbonyl (C=O) groups excluding carboxylic acids is 1. The smallest absolute Gasteiger partial charge is 0.234 e. The first-order valence-electron chi connectivity index (χ1n) is 6.82. The molecule has 1 rings (SSSR count). The highest BCUT2D eigenvalue weighted by atomic mass is 35.5. The summed E-state index contributed by atoms with van der Waals surface area (Å²) in [7, 11) is 1.99. The lowest BCUT2D eigenvalue weighted by atomic mass is 9.98. The summed E-state index contributed by atoms with van der Waals surface area (Å²) >= 11 is 0. The van der Waals surface area contributed by atoms with Gasteiger partial charge in [-0.2, -0.15) is 0 Å². The SMILES string of the molecule is CCC(C)NC(=O)CN1CCCC(CNC)C1.Cl. The Morgan fingerprint density at radius 1 is 1.50 bits per heavy atom. The predicted octanol–water partition coefficient (Wildman–Crippen LogP) is 1.25. The van der Waals surface area contributed by atoms with Crippen LogP contribution >= 0.6 is 12.4 Å². The number of amides is 1. The van der Waals surface area contributed by atoms with Gasteiger partial charge >= 0.3 is 0 Å². The van der Waals surface area contributed by atoms with Gasteiger partial charge < -0.3 is 10.6 Å². The van der Waals surface area contributed by atoms with Crippen LogP contribution in [-0.4, -0.2) is 50.1 Å². The molecule has 2 unspecified atom stereocenters. The molecule has 108 valence electrons. The minimum atomic E-state index is 0. The fourth-order valence-electron chi connectivity index (χ4n) is 2.38. The van der Waals surface area contributed by atoms with Gasteiger partial charge in [0, 0.05) is 12.6 Å². The molecule has 0 radical (unpaired) electrons. The zero-order chi connectivity index (χ0) is 12.7. The van der Waals surface area contributed by atoms with Crippen molar-refractivity contribution in [2.24, 2.45) is 5.92 Å². The van der Waals surface area contributed by atoms with Crippen LogP contribution in [-0.2, 0) is 4.79 Å². The molecule has 0 aliphatic carbocycles. The third-order valence-electron chi connectivity index (χ3n) is 3.48. The molecule has 0 bridgehead atoms. The maximum Gasteiger partial charge on any atom is 0.234 e. The quantitative estimate of drug-likeness (QED) is 0.768. The molecule has 4 nitrogen and oxygen atoms in total. The maximum absolute atomic E-state index is 11.8. The van der Waals surface area contributed by atoms with Gasteiger partial charge in [0.1, 0.15) is 0 Å². The van der Waals surface area contributed by atoms with E-state index >= 15 is 0 Å². The van der Waals surface area contributed by atoms with Crippen molar-refractivity contribution < 1.29 is 4.79 Å². The monoisotopic (exact) mass is 277 g/mol. The highest BCUT2D eigenvalue weighted by molar-refractivity contribution is 5.85. The number of hydrogen-bond donors (Lipinski definition) is 2.